The Morgan fingerprint density at radius 3 is 1.63 bits per heavy atom. The van der Waals surface area contributed by atoms with Gasteiger partial charge in [-0.2, -0.15) is 0 Å². The van der Waals surface area contributed by atoms with Gasteiger partial charge >= 0.3 is 0 Å². The minimum Gasteiger partial charge on any atom is -0.493 e. The van der Waals surface area contributed by atoms with Gasteiger partial charge in [0.05, 0.1) is 13.2 Å². The Kier molecular flexibility index (Phi) is 13.2. The van der Waals surface area contributed by atoms with Crippen molar-refractivity contribution < 1.29 is 9.47 Å². The lowest BCUT2D eigenvalue weighted by Crippen LogP contribution is -2.18. The van der Waals surface area contributed by atoms with Crippen LogP contribution in [0, 0.1) is 0 Å². The van der Waals surface area contributed by atoms with Crippen LogP contribution in [0.15, 0.2) is 24.3 Å². The number of ether oxygens (including phenoxy) is 2. The molecule has 0 fully saturated rings. The third kappa shape index (κ3) is 8.88. The van der Waals surface area contributed by atoms with Crippen molar-refractivity contribution in [1.82, 2.24) is 0 Å². The number of rotatable bonds is 18. The van der Waals surface area contributed by atoms with Crippen LogP contribution in [0.5, 0.6) is 11.5 Å². The molecule has 3 heteroatoms. The zero-order chi connectivity index (χ0) is 24.7. The summed E-state index contributed by atoms with van der Waals surface area (Å²) >= 11 is 6.67. The van der Waals surface area contributed by atoms with Crippen molar-refractivity contribution in [2.24, 2.45) is 0 Å². The number of hydrogen-bond donors (Lipinski definition) is 0. The lowest BCUT2D eigenvalue weighted by Gasteiger charge is -2.27. The first-order valence-corrected chi connectivity index (χ1v) is 15.2. The number of alkyl halides is 1. The zero-order valence-corrected chi connectivity index (χ0v) is 23.3. The third-order valence-electron chi connectivity index (χ3n) is 7.45. The van der Waals surface area contributed by atoms with Crippen LogP contribution >= 0.6 is 11.6 Å². The molecule has 0 radical (unpaired) electrons. The van der Waals surface area contributed by atoms with Crippen LogP contribution in [0.25, 0.3) is 10.8 Å². The molecule has 0 N–H and O–H groups in total. The standard InChI is InChI=1S/C32H49ClO2/c1-3-5-7-9-11-13-17-23-34-31-27-19-15-16-20-28(27)32(30-25-26(33)21-22-29(30)31)35-24-18-14-12-10-8-6-4-2/h15-16,19-20,26H,3-14,17-18,21-25H2,1-2H3. The van der Waals surface area contributed by atoms with Gasteiger partial charge in [0.1, 0.15) is 11.5 Å². The average Bonchev–Trinajstić information content (AvgIpc) is 2.87. The predicted octanol–water partition coefficient (Wildman–Crippen LogP) is 10.2. The average molecular weight is 501 g/mol. The van der Waals surface area contributed by atoms with Crippen molar-refractivity contribution >= 4 is 22.4 Å². The van der Waals surface area contributed by atoms with Crippen LogP contribution in [0.1, 0.15) is 121 Å². The molecule has 3 rings (SSSR count). The van der Waals surface area contributed by atoms with Crippen LogP contribution in [0.4, 0.5) is 0 Å². The fourth-order valence-electron chi connectivity index (χ4n) is 5.38. The molecule has 2 nitrogen and oxygen atoms in total. The Hall–Kier alpha value is -1.41. The minimum absolute atomic E-state index is 0.181. The smallest absolute Gasteiger partial charge is 0.130 e. The van der Waals surface area contributed by atoms with Gasteiger partial charge in [0.25, 0.3) is 0 Å². The molecule has 1 aliphatic rings. The second kappa shape index (κ2) is 16.4. The molecule has 0 heterocycles. The summed E-state index contributed by atoms with van der Waals surface area (Å²) in [6.07, 6.45) is 21.1. The summed E-state index contributed by atoms with van der Waals surface area (Å²) in [5, 5.41) is 2.58. The maximum absolute atomic E-state index is 6.67. The molecule has 1 aliphatic carbocycles. The van der Waals surface area contributed by atoms with E-state index in [4.69, 9.17) is 21.1 Å². The van der Waals surface area contributed by atoms with Gasteiger partial charge in [-0.1, -0.05) is 115 Å². The fourth-order valence-corrected chi connectivity index (χ4v) is 5.64. The lowest BCUT2D eigenvalue weighted by molar-refractivity contribution is 0.294. The van der Waals surface area contributed by atoms with Gasteiger partial charge in [-0.15, -0.1) is 11.6 Å². The highest BCUT2D eigenvalue weighted by Crippen LogP contribution is 2.45. The summed E-state index contributed by atoms with van der Waals surface area (Å²) in [5.74, 6) is 2.16. The Morgan fingerprint density at radius 1 is 0.657 bits per heavy atom. The molecule has 0 spiro atoms. The molecule has 1 unspecified atom stereocenters. The first kappa shape index (κ1) is 28.2. The summed E-state index contributed by atoms with van der Waals surface area (Å²) in [5.41, 5.74) is 2.64. The maximum Gasteiger partial charge on any atom is 0.130 e. The Bertz CT molecular complexity index is 862. The molecule has 0 aliphatic heterocycles. The molecule has 2 aromatic rings. The highest BCUT2D eigenvalue weighted by Gasteiger charge is 2.27. The molecular weight excluding hydrogens is 452 g/mol. The quantitative estimate of drug-likeness (QED) is 0.150. The van der Waals surface area contributed by atoms with E-state index in [0.29, 0.717) is 0 Å². The maximum atomic E-state index is 6.67. The molecule has 2 aromatic carbocycles. The molecule has 0 saturated carbocycles. The Labute approximate surface area is 220 Å². The molecule has 196 valence electrons. The monoisotopic (exact) mass is 500 g/mol. The largest absolute Gasteiger partial charge is 0.493 e. The van der Waals surface area contributed by atoms with E-state index in [0.717, 1.165) is 56.8 Å². The predicted molar refractivity (Wildman–Crippen MR) is 153 cm³/mol. The van der Waals surface area contributed by atoms with E-state index in [9.17, 15) is 0 Å². The van der Waals surface area contributed by atoms with Gasteiger partial charge < -0.3 is 9.47 Å². The van der Waals surface area contributed by atoms with Gasteiger partial charge in [-0.05, 0) is 32.1 Å². The normalized spacial score (nSPS) is 15.3. The van der Waals surface area contributed by atoms with Gasteiger partial charge in [-0.25, -0.2) is 0 Å². The van der Waals surface area contributed by atoms with Crippen LogP contribution in [0.3, 0.4) is 0 Å². The highest BCUT2D eigenvalue weighted by molar-refractivity contribution is 6.21. The summed E-state index contributed by atoms with van der Waals surface area (Å²) < 4.78 is 13.1. The molecule has 0 amide bonds. The van der Waals surface area contributed by atoms with Gasteiger partial charge in [0.2, 0.25) is 0 Å². The summed E-state index contributed by atoms with van der Waals surface area (Å²) in [7, 11) is 0. The minimum atomic E-state index is 0.181. The number of benzene rings is 2. The number of fused-ring (bicyclic) bond motifs is 2. The van der Waals surface area contributed by atoms with Crippen molar-refractivity contribution in [1.29, 1.82) is 0 Å². The van der Waals surface area contributed by atoms with Crippen molar-refractivity contribution in [2.45, 2.75) is 128 Å². The van der Waals surface area contributed by atoms with E-state index in [1.807, 2.05) is 0 Å². The molecule has 0 bridgehead atoms. The molecular formula is C32H49ClO2. The first-order valence-electron chi connectivity index (χ1n) is 14.7. The van der Waals surface area contributed by atoms with E-state index in [2.05, 4.69) is 38.1 Å². The number of hydrogen-bond acceptors (Lipinski definition) is 2. The molecule has 0 aromatic heterocycles. The van der Waals surface area contributed by atoms with E-state index >= 15 is 0 Å². The summed E-state index contributed by atoms with van der Waals surface area (Å²) in [4.78, 5) is 0. The first-order chi connectivity index (χ1) is 17.3. The van der Waals surface area contributed by atoms with Crippen molar-refractivity contribution in [3.05, 3.63) is 35.4 Å². The number of unbranched alkanes of at least 4 members (excludes halogenated alkanes) is 12. The van der Waals surface area contributed by atoms with Gasteiger partial charge in [0, 0.05) is 27.3 Å². The fraction of sp³-hybridized carbons (Fsp3) is 0.688. The van der Waals surface area contributed by atoms with E-state index < -0.39 is 0 Å². The third-order valence-corrected chi connectivity index (χ3v) is 7.82. The second-order valence-corrected chi connectivity index (χ2v) is 11.1. The van der Waals surface area contributed by atoms with E-state index in [1.165, 1.54) is 98.9 Å². The molecule has 35 heavy (non-hydrogen) atoms. The zero-order valence-electron chi connectivity index (χ0n) is 22.5. The molecule has 0 saturated heterocycles. The lowest BCUT2D eigenvalue weighted by atomic mass is 9.87. The summed E-state index contributed by atoms with van der Waals surface area (Å²) in [6.45, 7) is 6.13. The van der Waals surface area contributed by atoms with Gasteiger partial charge in [-0.3, -0.25) is 0 Å². The van der Waals surface area contributed by atoms with Gasteiger partial charge in [0.15, 0.2) is 0 Å². The van der Waals surface area contributed by atoms with Crippen LogP contribution in [-0.4, -0.2) is 18.6 Å². The Morgan fingerprint density at radius 2 is 1.11 bits per heavy atom. The van der Waals surface area contributed by atoms with E-state index in [1.54, 1.807) is 0 Å². The molecule has 1 atom stereocenters. The van der Waals surface area contributed by atoms with Crippen molar-refractivity contribution in [2.75, 3.05) is 13.2 Å². The van der Waals surface area contributed by atoms with E-state index in [-0.39, 0.29) is 5.38 Å². The second-order valence-electron chi connectivity index (χ2n) is 10.4. The van der Waals surface area contributed by atoms with Crippen molar-refractivity contribution in [3.63, 3.8) is 0 Å². The van der Waals surface area contributed by atoms with Crippen LogP contribution in [0.2, 0.25) is 0 Å². The van der Waals surface area contributed by atoms with Crippen LogP contribution in [-0.2, 0) is 12.8 Å². The summed E-state index contributed by atoms with van der Waals surface area (Å²) in [6, 6.07) is 8.66. The van der Waals surface area contributed by atoms with Crippen LogP contribution < -0.4 is 9.47 Å². The Balaban J connectivity index is 1.65. The van der Waals surface area contributed by atoms with Crippen molar-refractivity contribution in [3.8, 4) is 11.5 Å². The SMILES string of the molecule is CCCCCCCCCOc1c2c(c(OCCCCCCCCC)c3ccccc13)CC(Cl)CC2. The highest BCUT2D eigenvalue weighted by atomic mass is 35.5. The number of halogens is 1. The topological polar surface area (TPSA) is 18.5 Å².